The van der Waals surface area contributed by atoms with Crippen molar-refractivity contribution in [1.82, 2.24) is 24.7 Å². The Balaban J connectivity index is 0.000000138. The molecule has 0 amide bonds. The van der Waals surface area contributed by atoms with Crippen LogP contribution in [0.5, 0.6) is 0 Å². The number of benzene rings is 1. The van der Waals surface area contributed by atoms with Crippen LogP contribution in [0.1, 0.15) is 0 Å². The third-order valence-electron chi connectivity index (χ3n) is 2.11. The first kappa shape index (κ1) is 12.3. The maximum atomic E-state index is 10.4. The maximum absolute atomic E-state index is 10.4. The van der Waals surface area contributed by atoms with Crippen molar-refractivity contribution in [2.24, 2.45) is 0 Å². The standard InChI is InChI=1S/C8H6N2.C3H4ClN3O/c1-2-4-8-7(3-1)9-5-6-10-8;4-1-7-3(8)5-2-6-7/h1-6H;2H,1H2,(H,5,6,8). The summed E-state index contributed by atoms with van der Waals surface area (Å²) in [5.74, 6) is 0. The quantitative estimate of drug-likeness (QED) is 0.673. The van der Waals surface area contributed by atoms with E-state index in [4.69, 9.17) is 11.6 Å². The second kappa shape index (κ2) is 5.92. The van der Waals surface area contributed by atoms with Gasteiger partial charge in [-0.25, -0.2) is 4.79 Å². The molecule has 0 bridgehead atoms. The fraction of sp³-hybridized carbons (Fsp3) is 0.0909. The van der Waals surface area contributed by atoms with Crippen molar-refractivity contribution >= 4 is 22.6 Å². The van der Waals surface area contributed by atoms with Crippen molar-refractivity contribution in [3.8, 4) is 0 Å². The molecule has 7 heteroatoms. The van der Waals surface area contributed by atoms with E-state index in [1.807, 2.05) is 24.3 Å². The number of aromatic nitrogens is 5. The van der Waals surface area contributed by atoms with Gasteiger partial charge in [-0.05, 0) is 12.1 Å². The topological polar surface area (TPSA) is 76.5 Å². The predicted octanol–water partition coefficient (Wildman–Crippen LogP) is 1.40. The average Bonchev–Trinajstić information content (AvgIpc) is 2.85. The van der Waals surface area contributed by atoms with Gasteiger partial charge < -0.3 is 0 Å². The summed E-state index contributed by atoms with van der Waals surface area (Å²) in [4.78, 5) is 21.0. The molecule has 0 unspecified atom stereocenters. The van der Waals surface area contributed by atoms with Gasteiger partial charge in [0.15, 0.2) is 0 Å². The zero-order valence-corrected chi connectivity index (χ0v) is 10.1. The van der Waals surface area contributed by atoms with Gasteiger partial charge in [0.25, 0.3) is 0 Å². The van der Waals surface area contributed by atoms with Gasteiger partial charge in [-0.2, -0.15) is 9.78 Å². The van der Waals surface area contributed by atoms with E-state index in [0.717, 1.165) is 15.7 Å². The molecule has 1 aromatic carbocycles. The minimum Gasteiger partial charge on any atom is -0.295 e. The normalized spacial score (nSPS) is 9.83. The Bertz CT molecular complexity index is 613. The minimum absolute atomic E-state index is 0.0995. The third kappa shape index (κ3) is 2.92. The molecular formula is C11H10ClN5O. The van der Waals surface area contributed by atoms with Gasteiger partial charge in [0.1, 0.15) is 12.3 Å². The van der Waals surface area contributed by atoms with Crippen LogP contribution in [0, 0.1) is 0 Å². The monoisotopic (exact) mass is 263 g/mol. The number of rotatable bonds is 1. The lowest BCUT2D eigenvalue weighted by Gasteiger charge is -1.90. The zero-order chi connectivity index (χ0) is 12.8. The van der Waals surface area contributed by atoms with Gasteiger partial charge in [-0.1, -0.05) is 12.1 Å². The number of hydrogen-bond acceptors (Lipinski definition) is 4. The highest BCUT2D eigenvalue weighted by molar-refractivity contribution is 6.15. The van der Waals surface area contributed by atoms with Crippen LogP contribution < -0.4 is 5.69 Å². The van der Waals surface area contributed by atoms with Gasteiger partial charge in [0.05, 0.1) is 11.0 Å². The van der Waals surface area contributed by atoms with Gasteiger partial charge >= 0.3 is 5.69 Å². The van der Waals surface area contributed by atoms with Crippen LogP contribution >= 0.6 is 11.6 Å². The summed E-state index contributed by atoms with van der Waals surface area (Å²) in [7, 11) is 0. The van der Waals surface area contributed by atoms with Gasteiger partial charge in [0.2, 0.25) is 0 Å². The number of halogens is 1. The first-order valence-corrected chi connectivity index (χ1v) is 5.67. The molecule has 2 aromatic heterocycles. The van der Waals surface area contributed by atoms with Crippen LogP contribution in [-0.4, -0.2) is 24.7 Å². The van der Waals surface area contributed by atoms with Crippen LogP contribution in [0.15, 0.2) is 47.8 Å². The van der Waals surface area contributed by atoms with Crippen LogP contribution in [0.4, 0.5) is 0 Å². The first-order valence-electron chi connectivity index (χ1n) is 5.13. The van der Waals surface area contributed by atoms with Crippen molar-refractivity contribution in [3.05, 3.63) is 53.5 Å². The number of hydrogen-bond donors (Lipinski definition) is 1. The minimum atomic E-state index is -0.278. The number of para-hydroxylation sites is 2. The Morgan fingerprint density at radius 2 is 1.78 bits per heavy atom. The lowest BCUT2D eigenvalue weighted by Crippen LogP contribution is -2.15. The summed E-state index contributed by atoms with van der Waals surface area (Å²) < 4.78 is 1.11. The Hall–Kier alpha value is -2.21. The predicted molar refractivity (Wildman–Crippen MR) is 68.2 cm³/mol. The van der Waals surface area contributed by atoms with Crippen molar-refractivity contribution in [1.29, 1.82) is 0 Å². The zero-order valence-electron chi connectivity index (χ0n) is 9.32. The molecule has 18 heavy (non-hydrogen) atoms. The van der Waals surface area contributed by atoms with Crippen LogP contribution in [-0.2, 0) is 6.00 Å². The highest BCUT2D eigenvalue weighted by Crippen LogP contribution is 2.04. The molecule has 3 rings (SSSR count). The average molecular weight is 264 g/mol. The summed E-state index contributed by atoms with van der Waals surface area (Å²) in [6.45, 7) is 0. The number of H-pyrrole nitrogens is 1. The molecule has 0 saturated heterocycles. The number of alkyl halides is 1. The Kier molecular flexibility index (Phi) is 4.03. The number of nitrogens with zero attached hydrogens (tertiary/aromatic N) is 4. The fourth-order valence-corrected chi connectivity index (χ4v) is 1.45. The summed E-state index contributed by atoms with van der Waals surface area (Å²) in [5.41, 5.74) is 1.62. The van der Waals surface area contributed by atoms with E-state index in [1.54, 1.807) is 12.4 Å². The van der Waals surface area contributed by atoms with Crippen molar-refractivity contribution < 1.29 is 0 Å². The third-order valence-corrected chi connectivity index (χ3v) is 2.33. The van der Waals surface area contributed by atoms with Gasteiger partial charge in [-0.3, -0.25) is 15.0 Å². The summed E-state index contributed by atoms with van der Waals surface area (Å²) in [5, 5.41) is 3.55. The second-order valence-corrected chi connectivity index (χ2v) is 3.50. The lowest BCUT2D eigenvalue weighted by atomic mass is 10.3. The van der Waals surface area contributed by atoms with Gasteiger partial charge in [-0.15, -0.1) is 11.6 Å². The van der Waals surface area contributed by atoms with E-state index >= 15 is 0 Å². The Morgan fingerprint density at radius 3 is 2.17 bits per heavy atom. The summed E-state index contributed by atoms with van der Waals surface area (Å²) >= 11 is 5.25. The molecular weight excluding hydrogens is 254 g/mol. The van der Waals surface area contributed by atoms with Gasteiger partial charge in [0, 0.05) is 12.4 Å². The van der Waals surface area contributed by atoms with E-state index in [2.05, 4.69) is 20.1 Å². The molecule has 0 aliphatic heterocycles. The van der Waals surface area contributed by atoms with E-state index in [0.29, 0.717) is 0 Å². The molecule has 1 N–H and O–H groups in total. The highest BCUT2D eigenvalue weighted by atomic mass is 35.5. The maximum Gasteiger partial charge on any atom is 0.344 e. The van der Waals surface area contributed by atoms with E-state index in [9.17, 15) is 4.79 Å². The van der Waals surface area contributed by atoms with Crippen molar-refractivity contribution in [2.45, 2.75) is 6.00 Å². The molecule has 0 spiro atoms. The number of fused-ring (bicyclic) bond motifs is 1. The van der Waals surface area contributed by atoms with E-state index in [1.165, 1.54) is 6.33 Å². The first-order chi connectivity index (χ1) is 8.81. The van der Waals surface area contributed by atoms with E-state index < -0.39 is 0 Å². The molecule has 0 radical (unpaired) electrons. The number of nitrogens with one attached hydrogen (secondary N) is 1. The molecule has 0 fully saturated rings. The van der Waals surface area contributed by atoms with E-state index in [-0.39, 0.29) is 11.7 Å². The molecule has 2 heterocycles. The summed E-state index contributed by atoms with van der Waals surface area (Å²) in [6, 6.07) is 7.90. The SMILES string of the molecule is O=c1[nH]cnn1CCl.c1ccc2nccnc2c1. The molecule has 6 nitrogen and oxygen atoms in total. The molecule has 0 atom stereocenters. The smallest absolute Gasteiger partial charge is 0.295 e. The molecule has 3 aromatic rings. The Morgan fingerprint density at radius 1 is 1.17 bits per heavy atom. The fourth-order valence-electron chi connectivity index (χ4n) is 1.28. The lowest BCUT2D eigenvalue weighted by molar-refractivity contribution is 0.712. The molecule has 92 valence electrons. The summed E-state index contributed by atoms with van der Waals surface area (Å²) in [6.07, 6.45) is 4.69. The van der Waals surface area contributed by atoms with Crippen LogP contribution in [0.25, 0.3) is 11.0 Å². The van der Waals surface area contributed by atoms with Crippen LogP contribution in [0.2, 0.25) is 0 Å². The van der Waals surface area contributed by atoms with Crippen molar-refractivity contribution in [2.75, 3.05) is 0 Å². The number of aromatic amines is 1. The highest BCUT2D eigenvalue weighted by Gasteiger charge is 1.90. The van der Waals surface area contributed by atoms with Crippen molar-refractivity contribution in [3.63, 3.8) is 0 Å². The van der Waals surface area contributed by atoms with Crippen LogP contribution in [0.3, 0.4) is 0 Å². The second-order valence-electron chi connectivity index (χ2n) is 3.26. The Labute approximate surface area is 107 Å². The molecule has 0 aliphatic carbocycles. The largest absolute Gasteiger partial charge is 0.344 e. The molecule has 0 saturated carbocycles. The molecule has 0 aliphatic rings.